The van der Waals surface area contributed by atoms with Crippen LogP contribution in [0.4, 0.5) is 5.82 Å². The molecule has 5 heterocycles. The molecular formula is C57H62N6O16. The zero-order chi connectivity index (χ0) is 55.5. The number of nitrogens with one attached hydrogen (secondary N) is 4. The number of rotatable bonds is 14. The summed E-state index contributed by atoms with van der Waals surface area (Å²) in [5.74, 6) is -3.56. The van der Waals surface area contributed by atoms with Crippen LogP contribution in [0.3, 0.4) is 0 Å². The molecule has 1 saturated carbocycles. The molecule has 7 aliphatic rings. The number of aromatic hydroxyl groups is 2. The maximum absolute atomic E-state index is 14.2. The first-order valence-corrected chi connectivity index (χ1v) is 26.4. The number of hydrogen-bond acceptors (Lipinski definition) is 20. The van der Waals surface area contributed by atoms with E-state index >= 15 is 0 Å². The van der Waals surface area contributed by atoms with Crippen molar-refractivity contribution in [1.82, 2.24) is 20.9 Å². The number of H-pyrrole nitrogens is 1. The molecule has 4 aliphatic carbocycles. The molecule has 3 aromatic carbocycles. The van der Waals surface area contributed by atoms with Gasteiger partial charge in [-0.15, -0.1) is 0 Å². The summed E-state index contributed by atoms with van der Waals surface area (Å²) in [5, 5.41) is 116. The van der Waals surface area contributed by atoms with Crippen LogP contribution in [0.25, 0.3) is 22.3 Å². The van der Waals surface area contributed by atoms with Gasteiger partial charge in [-0.25, -0.2) is 4.79 Å². The smallest absolute Gasteiger partial charge is 0.336 e. The number of nitrogens with two attached hydrogens (primary N) is 2. The van der Waals surface area contributed by atoms with Crippen LogP contribution in [0.5, 0.6) is 28.7 Å². The molecule has 3 fully saturated rings. The highest BCUT2D eigenvalue weighted by Gasteiger charge is 2.80. The molecule has 5 aromatic rings. The SMILES string of the molecule is CCc1cc(O)cc([C@H](O)Oc2c(O[C@@H]3O[C@H](C(=O)O)[C@]4(O)[C@@H](O)[C@]3(O)C=C3[C@@]56C7=C(CC[C@@H]5CC[C@H]6C=C[C@]34[C@@H]3CNCN3)CNC(N)=C7)cc3oc(-c4ccc(O[C@H](CO)[C@H](O)c5ccc(N)[nH]5)cc4)cc(=O)c3c2O)c1. The highest BCUT2D eigenvalue weighted by Crippen LogP contribution is 2.73. The number of aromatic amines is 1. The summed E-state index contributed by atoms with van der Waals surface area (Å²) in [6.45, 7) is 2.20. The van der Waals surface area contributed by atoms with E-state index in [1.54, 1.807) is 24.3 Å². The number of anilines is 1. The maximum Gasteiger partial charge on any atom is 0.336 e. The predicted octanol–water partition coefficient (Wildman–Crippen LogP) is 2.42. The van der Waals surface area contributed by atoms with Gasteiger partial charge in [0.1, 0.15) is 51.9 Å². The number of benzene rings is 3. The average Bonchev–Trinajstić information content (AvgIpc) is 4.36. The van der Waals surface area contributed by atoms with E-state index in [0.717, 1.165) is 42.5 Å². The number of aliphatic hydroxyl groups is 6. The molecule has 0 radical (unpaired) electrons. The van der Waals surface area contributed by atoms with Gasteiger partial charge in [-0.2, -0.15) is 0 Å². The third-order valence-electron chi connectivity index (χ3n) is 17.6. The third-order valence-corrected chi connectivity index (χ3v) is 17.6. The highest BCUT2D eigenvalue weighted by atomic mass is 16.7. The summed E-state index contributed by atoms with van der Waals surface area (Å²) in [6.07, 6.45) is -0.835. The largest absolute Gasteiger partial charge is 0.508 e. The van der Waals surface area contributed by atoms with Crippen molar-refractivity contribution < 1.29 is 74.1 Å². The highest BCUT2D eigenvalue weighted by molar-refractivity contribution is 5.90. The number of carbonyl (C=O) groups is 1. The Morgan fingerprint density at radius 3 is 2.49 bits per heavy atom. The monoisotopic (exact) mass is 1090 g/mol. The maximum atomic E-state index is 14.2. The predicted molar refractivity (Wildman–Crippen MR) is 282 cm³/mol. The van der Waals surface area contributed by atoms with E-state index < -0.39 is 106 Å². The lowest BCUT2D eigenvalue weighted by atomic mass is 9.40. The van der Waals surface area contributed by atoms with Gasteiger partial charge >= 0.3 is 5.97 Å². The molecule has 0 amide bonds. The summed E-state index contributed by atoms with van der Waals surface area (Å²) >= 11 is 0. The van der Waals surface area contributed by atoms with E-state index in [2.05, 4.69) is 20.9 Å². The lowest BCUT2D eigenvalue weighted by Gasteiger charge is -2.68. The van der Waals surface area contributed by atoms with E-state index in [9.17, 15) is 55.5 Å². The molecule has 2 aromatic heterocycles. The van der Waals surface area contributed by atoms with Gasteiger partial charge in [0.15, 0.2) is 34.7 Å². The fraction of sp³-hybridized carbons (Fsp3) is 0.404. The minimum Gasteiger partial charge on any atom is -0.508 e. The Hall–Kier alpha value is -7.38. The number of aliphatic hydroxyl groups excluding tert-OH is 4. The van der Waals surface area contributed by atoms with Crippen LogP contribution in [0.1, 0.15) is 61.8 Å². The number of aliphatic carboxylic acids is 1. The van der Waals surface area contributed by atoms with Gasteiger partial charge in [0.05, 0.1) is 17.8 Å². The molecule has 22 heteroatoms. The van der Waals surface area contributed by atoms with Crippen molar-refractivity contribution in [3.8, 4) is 40.1 Å². The molecule has 0 unspecified atom stereocenters. The van der Waals surface area contributed by atoms with Crippen LogP contribution in [-0.2, 0) is 16.0 Å². The van der Waals surface area contributed by atoms with Crippen LogP contribution in [0, 0.1) is 22.7 Å². The fourth-order valence-electron chi connectivity index (χ4n) is 14.0. The summed E-state index contributed by atoms with van der Waals surface area (Å²) in [6, 6.07) is 14.9. The average molecular weight is 1090 g/mol. The standard InChI is InChI=1S/C57H62N6O16/c1-2-26-15-29(17-32(65)16-26)51(71)78-48-39(20-38-45(47(48)68)36(66)19-37(76-38)27-4-9-33(10-5-27)75-40(24-64)46(67)35-11-12-43(58)63-35)77-53-55(73)21-41-54(42-23-60-25-62-42,57(74,52(55)72)49(79-53)50(69)70)14-13-31-8-7-30-6-3-28-22-61-44(59)18-34(28)56(30,31)41/h4-5,9-21,30-31,40,42,46,49,51-53,60-65,67-68,71-74H,2-3,6-8,22-25,58-59H2,1H3,(H,69,70)/t30-,31+,40-,42+,46-,49-,51-,52+,53-,54-,55-,56+,57+/m1/s1. The quantitative estimate of drug-likeness (QED) is 0.0561. The Morgan fingerprint density at radius 1 is 0.987 bits per heavy atom. The van der Waals surface area contributed by atoms with Crippen molar-refractivity contribution in [1.29, 1.82) is 0 Å². The topological polar surface area (TPSA) is 370 Å². The lowest BCUT2D eigenvalue weighted by Crippen LogP contribution is -2.84. The van der Waals surface area contributed by atoms with Crippen molar-refractivity contribution in [2.75, 3.05) is 32.1 Å². The van der Waals surface area contributed by atoms with Gasteiger partial charge in [-0.3, -0.25) is 10.1 Å². The molecule has 2 saturated heterocycles. The number of ether oxygens (including phenoxy) is 4. The summed E-state index contributed by atoms with van der Waals surface area (Å²) in [4.78, 5) is 31.0. The van der Waals surface area contributed by atoms with Gasteiger partial charge in [-0.1, -0.05) is 19.1 Å². The number of dihydropyridines is 1. The first-order valence-electron chi connectivity index (χ1n) is 26.4. The summed E-state index contributed by atoms with van der Waals surface area (Å²) < 4.78 is 31.1. The van der Waals surface area contributed by atoms with E-state index in [1.807, 2.05) is 19.1 Å². The van der Waals surface area contributed by atoms with Crippen molar-refractivity contribution in [2.45, 2.75) is 93.3 Å². The second kappa shape index (κ2) is 19.2. The number of fused-ring (bicyclic) bond motifs is 5. The molecule has 2 bridgehead atoms. The number of carboxylic acid groups (broad SMARTS) is 1. The van der Waals surface area contributed by atoms with Crippen LogP contribution < -0.4 is 47.1 Å². The van der Waals surface area contributed by atoms with Crippen molar-refractivity contribution >= 4 is 22.8 Å². The Balaban J connectivity index is 1.00. The van der Waals surface area contributed by atoms with Crippen LogP contribution in [0.15, 0.2) is 123 Å². The van der Waals surface area contributed by atoms with E-state index in [1.165, 1.54) is 42.5 Å². The zero-order valence-corrected chi connectivity index (χ0v) is 42.8. The molecule has 12 rings (SSSR count). The van der Waals surface area contributed by atoms with Crippen molar-refractivity contribution in [3.63, 3.8) is 0 Å². The Labute approximate surface area is 450 Å². The van der Waals surface area contributed by atoms with Crippen LogP contribution in [0.2, 0.25) is 0 Å². The number of aromatic nitrogens is 1. The number of carboxylic acids is 1. The summed E-state index contributed by atoms with van der Waals surface area (Å²) in [5.41, 5.74) is 6.50. The van der Waals surface area contributed by atoms with Gasteiger partial charge in [0.25, 0.3) is 0 Å². The van der Waals surface area contributed by atoms with Crippen molar-refractivity contribution in [2.24, 2.45) is 28.4 Å². The summed E-state index contributed by atoms with van der Waals surface area (Å²) in [7, 11) is 0. The lowest BCUT2D eigenvalue weighted by molar-refractivity contribution is -0.355. The zero-order valence-electron chi connectivity index (χ0n) is 42.8. The minimum atomic E-state index is -2.82. The van der Waals surface area contributed by atoms with Gasteiger partial charge in [0.2, 0.25) is 18.3 Å². The fourth-order valence-corrected chi connectivity index (χ4v) is 14.0. The molecular weight excluding hydrogens is 1020 g/mol. The van der Waals surface area contributed by atoms with Crippen LogP contribution in [-0.4, -0.2) is 125 Å². The molecule has 22 nitrogen and oxygen atoms in total. The van der Waals surface area contributed by atoms with Crippen molar-refractivity contribution in [3.05, 3.63) is 141 Å². The third kappa shape index (κ3) is 7.86. The molecule has 1 spiro atoms. The number of hydrogen-bond donors (Lipinski definition) is 15. The number of allylic oxidation sites excluding steroid dienone is 3. The molecule has 79 heavy (non-hydrogen) atoms. The Kier molecular flexibility index (Phi) is 12.7. The van der Waals surface area contributed by atoms with Gasteiger partial charge < -0.3 is 96.4 Å². The number of phenols is 2. The number of phenolic OH excluding ortho intramolecular Hbond substituents is 2. The van der Waals surface area contributed by atoms with E-state index in [4.69, 9.17) is 34.8 Å². The minimum absolute atomic E-state index is 0.0206. The molecule has 13 atom stereocenters. The molecule has 3 aliphatic heterocycles. The number of nitrogen functional groups attached to an aromatic ring is 1. The Morgan fingerprint density at radius 2 is 1.78 bits per heavy atom. The van der Waals surface area contributed by atoms with Gasteiger partial charge in [0, 0.05) is 60.2 Å². The second-order valence-corrected chi connectivity index (χ2v) is 21.7. The van der Waals surface area contributed by atoms with E-state index in [0.29, 0.717) is 53.4 Å². The second-order valence-electron chi connectivity index (χ2n) is 21.7. The molecule has 416 valence electrons. The number of aryl methyl sites for hydroxylation is 1. The van der Waals surface area contributed by atoms with Crippen LogP contribution >= 0.6 is 0 Å². The van der Waals surface area contributed by atoms with E-state index in [-0.39, 0.29) is 53.5 Å². The van der Waals surface area contributed by atoms with Gasteiger partial charge in [-0.05, 0) is 133 Å². The Bertz CT molecular complexity index is 3460. The first-order chi connectivity index (χ1) is 37.8. The first kappa shape index (κ1) is 52.3. The normalized spacial score (nSPS) is 31.6. The molecule has 17 N–H and O–H groups in total.